The maximum absolute atomic E-state index is 5.08. The zero-order chi connectivity index (χ0) is 16.0. The standard InChI is InChI=1S/C22H19N/c1-14-12-16(3)21-20(13-14)18-10-6-7-11-19(18)22(23-21)17-9-5-4-8-15(17)2/h4-13H,1-3H3. The average Bonchev–Trinajstić information content (AvgIpc) is 2.55. The molecule has 4 aromatic rings. The van der Waals surface area contributed by atoms with E-state index in [-0.39, 0.29) is 0 Å². The molecule has 1 heteroatoms. The summed E-state index contributed by atoms with van der Waals surface area (Å²) in [7, 11) is 0. The van der Waals surface area contributed by atoms with Crippen molar-refractivity contribution in [1.82, 2.24) is 4.98 Å². The van der Waals surface area contributed by atoms with Gasteiger partial charge < -0.3 is 0 Å². The molecular weight excluding hydrogens is 278 g/mol. The Balaban J connectivity index is 2.22. The molecule has 0 N–H and O–H groups in total. The van der Waals surface area contributed by atoms with E-state index < -0.39 is 0 Å². The van der Waals surface area contributed by atoms with Gasteiger partial charge >= 0.3 is 0 Å². The van der Waals surface area contributed by atoms with Crippen molar-refractivity contribution >= 4 is 21.7 Å². The van der Waals surface area contributed by atoms with E-state index in [9.17, 15) is 0 Å². The SMILES string of the molecule is Cc1cc(C)c2nc(-c3ccccc3C)c3ccccc3c2c1. The van der Waals surface area contributed by atoms with E-state index in [1.165, 1.54) is 38.4 Å². The predicted octanol–water partition coefficient (Wildman–Crippen LogP) is 5.98. The quantitative estimate of drug-likeness (QED) is 0.394. The summed E-state index contributed by atoms with van der Waals surface area (Å²) in [6, 6.07) is 21.5. The number of pyridine rings is 1. The fraction of sp³-hybridized carbons (Fsp3) is 0.136. The molecule has 4 rings (SSSR count). The number of aryl methyl sites for hydroxylation is 3. The second-order valence-electron chi connectivity index (χ2n) is 6.30. The van der Waals surface area contributed by atoms with Gasteiger partial charge in [0, 0.05) is 16.3 Å². The van der Waals surface area contributed by atoms with Gasteiger partial charge in [-0.15, -0.1) is 0 Å². The fourth-order valence-electron chi connectivity index (χ4n) is 3.45. The summed E-state index contributed by atoms with van der Waals surface area (Å²) >= 11 is 0. The van der Waals surface area contributed by atoms with Crippen molar-refractivity contribution in [2.75, 3.05) is 0 Å². The Kier molecular flexibility index (Phi) is 3.16. The van der Waals surface area contributed by atoms with E-state index in [4.69, 9.17) is 4.98 Å². The molecule has 112 valence electrons. The molecule has 0 saturated heterocycles. The number of benzene rings is 3. The molecule has 0 unspecified atom stereocenters. The molecule has 1 nitrogen and oxygen atoms in total. The number of fused-ring (bicyclic) bond motifs is 3. The Morgan fingerprint density at radius 2 is 1.35 bits per heavy atom. The molecule has 0 saturated carbocycles. The van der Waals surface area contributed by atoms with E-state index in [0.717, 1.165) is 11.2 Å². The van der Waals surface area contributed by atoms with Gasteiger partial charge in [-0.05, 0) is 43.4 Å². The molecule has 0 radical (unpaired) electrons. The minimum Gasteiger partial charge on any atom is -0.247 e. The first kappa shape index (κ1) is 14.0. The molecule has 0 aliphatic rings. The van der Waals surface area contributed by atoms with Gasteiger partial charge in [0.25, 0.3) is 0 Å². The monoisotopic (exact) mass is 297 g/mol. The lowest BCUT2D eigenvalue weighted by Crippen LogP contribution is -1.94. The van der Waals surface area contributed by atoms with E-state index in [1.807, 2.05) is 0 Å². The van der Waals surface area contributed by atoms with Crippen molar-refractivity contribution < 1.29 is 0 Å². The van der Waals surface area contributed by atoms with Gasteiger partial charge in [-0.2, -0.15) is 0 Å². The first-order valence-electron chi connectivity index (χ1n) is 8.01. The summed E-state index contributed by atoms with van der Waals surface area (Å²) in [6.07, 6.45) is 0. The molecule has 3 aromatic carbocycles. The van der Waals surface area contributed by atoms with Gasteiger partial charge in [-0.1, -0.05) is 60.2 Å². The van der Waals surface area contributed by atoms with E-state index in [0.29, 0.717) is 0 Å². The van der Waals surface area contributed by atoms with Crippen molar-refractivity contribution in [3.05, 3.63) is 77.4 Å². The highest BCUT2D eigenvalue weighted by Gasteiger charge is 2.13. The molecule has 0 atom stereocenters. The van der Waals surface area contributed by atoms with E-state index >= 15 is 0 Å². The summed E-state index contributed by atoms with van der Waals surface area (Å²) < 4.78 is 0. The maximum Gasteiger partial charge on any atom is 0.0790 e. The maximum atomic E-state index is 5.08. The van der Waals surface area contributed by atoms with Gasteiger partial charge in [0.05, 0.1) is 11.2 Å². The number of hydrogen-bond donors (Lipinski definition) is 0. The second-order valence-corrected chi connectivity index (χ2v) is 6.30. The molecule has 0 spiro atoms. The third-order valence-electron chi connectivity index (χ3n) is 4.54. The van der Waals surface area contributed by atoms with Crippen molar-refractivity contribution in [2.24, 2.45) is 0 Å². The zero-order valence-electron chi connectivity index (χ0n) is 13.7. The summed E-state index contributed by atoms with van der Waals surface area (Å²) in [4.78, 5) is 5.08. The van der Waals surface area contributed by atoms with Crippen LogP contribution in [0, 0.1) is 20.8 Å². The van der Waals surface area contributed by atoms with Crippen molar-refractivity contribution in [2.45, 2.75) is 20.8 Å². The molecule has 0 bridgehead atoms. The normalized spacial score (nSPS) is 11.3. The van der Waals surface area contributed by atoms with Crippen molar-refractivity contribution in [3.63, 3.8) is 0 Å². The fourth-order valence-corrected chi connectivity index (χ4v) is 3.45. The van der Waals surface area contributed by atoms with Crippen LogP contribution in [0.3, 0.4) is 0 Å². The minimum atomic E-state index is 1.08. The summed E-state index contributed by atoms with van der Waals surface area (Å²) in [5, 5.41) is 3.75. The summed E-state index contributed by atoms with van der Waals surface area (Å²) in [5.74, 6) is 0. The lowest BCUT2D eigenvalue weighted by Gasteiger charge is -2.13. The second kappa shape index (κ2) is 5.20. The van der Waals surface area contributed by atoms with Crippen LogP contribution in [0.2, 0.25) is 0 Å². The highest BCUT2D eigenvalue weighted by atomic mass is 14.7. The van der Waals surface area contributed by atoms with Gasteiger partial charge in [-0.3, -0.25) is 0 Å². The Labute approximate surface area is 136 Å². The molecule has 0 amide bonds. The van der Waals surface area contributed by atoms with Crippen LogP contribution < -0.4 is 0 Å². The number of nitrogens with zero attached hydrogens (tertiary/aromatic N) is 1. The van der Waals surface area contributed by atoms with Crippen molar-refractivity contribution in [3.8, 4) is 11.3 Å². The Morgan fingerprint density at radius 3 is 2.13 bits per heavy atom. The summed E-state index contributed by atoms with van der Waals surface area (Å²) in [6.45, 7) is 6.45. The average molecular weight is 297 g/mol. The van der Waals surface area contributed by atoms with Crippen LogP contribution in [0.15, 0.2) is 60.7 Å². The Bertz CT molecular complexity index is 1040. The van der Waals surface area contributed by atoms with E-state index in [2.05, 4.69) is 81.4 Å². The molecule has 1 heterocycles. The van der Waals surface area contributed by atoms with E-state index in [1.54, 1.807) is 0 Å². The highest BCUT2D eigenvalue weighted by molar-refractivity contribution is 6.11. The summed E-state index contributed by atoms with van der Waals surface area (Å²) in [5.41, 5.74) is 7.18. The number of rotatable bonds is 1. The lowest BCUT2D eigenvalue weighted by atomic mass is 9.96. The largest absolute Gasteiger partial charge is 0.247 e. The molecule has 1 aromatic heterocycles. The van der Waals surface area contributed by atoms with Crippen LogP contribution in [0.1, 0.15) is 16.7 Å². The van der Waals surface area contributed by atoms with Crippen LogP contribution in [-0.4, -0.2) is 4.98 Å². The Morgan fingerprint density at radius 1 is 0.652 bits per heavy atom. The van der Waals surface area contributed by atoms with Crippen LogP contribution in [-0.2, 0) is 0 Å². The van der Waals surface area contributed by atoms with Gasteiger partial charge in [0.15, 0.2) is 0 Å². The smallest absolute Gasteiger partial charge is 0.0790 e. The van der Waals surface area contributed by atoms with Gasteiger partial charge in [0.2, 0.25) is 0 Å². The number of hydrogen-bond acceptors (Lipinski definition) is 1. The van der Waals surface area contributed by atoms with Gasteiger partial charge in [-0.25, -0.2) is 4.98 Å². The third kappa shape index (κ3) is 2.20. The molecular formula is C22H19N. The van der Waals surface area contributed by atoms with Crippen molar-refractivity contribution in [1.29, 1.82) is 0 Å². The molecule has 23 heavy (non-hydrogen) atoms. The van der Waals surface area contributed by atoms with Crippen LogP contribution >= 0.6 is 0 Å². The number of aromatic nitrogens is 1. The van der Waals surface area contributed by atoms with Crippen LogP contribution in [0.25, 0.3) is 32.9 Å². The minimum absolute atomic E-state index is 1.08. The van der Waals surface area contributed by atoms with Crippen LogP contribution in [0.4, 0.5) is 0 Å². The lowest BCUT2D eigenvalue weighted by molar-refractivity contribution is 1.34. The Hall–Kier alpha value is -2.67. The van der Waals surface area contributed by atoms with Crippen LogP contribution in [0.5, 0.6) is 0 Å². The van der Waals surface area contributed by atoms with Gasteiger partial charge in [0.1, 0.15) is 0 Å². The highest BCUT2D eigenvalue weighted by Crippen LogP contribution is 2.35. The molecule has 0 aliphatic heterocycles. The topological polar surface area (TPSA) is 12.9 Å². The third-order valence-corrected chi connectivity index (χ3v) is 4.54. The molecule has 0 fully saturated rings. The first-order chi connectivity index (χ1) is 11.1. The predicted molar refractivity (Wildman–Crippen MR) is 98.9 cm³/mol. The zero-order valence-corrected chi connectivity index (χ0v) is 13.7. The first-order valence-corrected chi connectivity index (χ1v) is 8.01. The molecule has 0 aliphatic carbocycles.